The number of nitrogens with zero attached hydrogens (tertiary/aromatic N) is 3. The fraction of sp³-hybridized carbons (Fsp3) is 0.250. The summed E-state index contributed by atoms with van der Waals surface area (Å²) in [5, 5.41) is 13.1. The summed E-state index contributed by atoms with van der Waals surface area (Å²) in [5.74, 6) is -0.674. The van der Waals surface area contributed by atoms with Gasteiger partial charge in [-0.1, -0.05) is 48.0 Å². The molecule has 0 spiro atoms. The van der Waals surface area contributed by atoms with Crippen LogP contribution in [-0.4, -0.2) is 39.1 Å². The highest BCUT2D eigenvalue weighted by atomic mass is 35.5. The van der Waals surface area contributed by atoms with E-state index in [9.17, 15) is 19.7 Å². The van der Waals surface area contributed by atoms with Gasteiger partial charge >= 0.3 is 0 Å². The second-order valence-electron chi connectivity index (χ2n) is 7.76. The molecule has 1 heterocycles. The molecule has 3 aromatic rings. The van der Waals surface area contributed by atoms with E-state index in [-0.39, 0.29) is 34.8 Å². The van der Waals surface area contributed by atoms with Gasteiger partial charge < -0.3 is 9.80 Å². The molecule has 0 aliphatic heterocycles. The summed E-state index contributed by atoms with van der Waals surface area (Å²) in [7, 11) is 0. The van der Waals surface area contributed by atoms with Crippen LogP contribution in [0.1, 0.15) is 34.6 Å². The van der Waals surface area contributed by atoms with Crippen LogP contribution in [0.3, 0.4) is 0 Å². The normalized spacial score (nSPS) is 10.8. The lowest BCUT2D eigenvalue weighted by Gasteiger charge is -2.30. The molecule has 9 heteroatoms. The van der Waals surface area contributed by atoms with Crippen molar-refractivity contribution in [2.24, 2.45) is 0 Å². The maximum atomic E-state index is 13.4. The van der Waals surface area contributed by atoms with Gasteiger partial charge in [-0.05, 0) is 43.0 Å². The van der Waals surface area contributed by atoms with E-state index >= 15 is 0 Å². The molecule has 0 unspecified atom stereocenters. The second-order valence-corrected chi connectivity index (χ2v) is 9.20. The van der Waals surface area contributed by atoms with Crippen LogP contribution in [0.4, 0.5) is 5.69 Å². The number of hydrogen-bond acceptors (Lipinski definition) is 5. The van der Waals surface area contributed by atoms with Crippen LogP contribution in [0.5, 0.6) is 0 Å². The molecule has 172 valence electrons. The van der Waals surface area contributed by atoms with Crippen LogP contribution < -0.4 is 0 Å². The molecule has 7 nitrogen and oxygen atoms in total. The average molecular weight is 486 g/mol. The molecule has 2 aromatic carbocycles. The minimum absolute atomic E-state index is 0.0475. The average Bonchev–Trinajstić information content (AvgIpc) is 3.30. The van der Waals surface area contributed by atoms with Gasteiger partial charge in [0.1, 0.15) is 11.6 Å². The van der Waals surface area contributed by atoms with Gasteiger partial charge in [-0.15, -0.1) is 11.3 Å². The first-order chi connectivity index (χ1) is 15.8. The summed E-state index contributed by atoms with van der Waals surface area (Å²) in [5.41, 5.74) is 0.750. The van der Waals surface area contributed by atoms with Crippen molar-refractivity contribution in [3.63, 3.8) is 0 Å². The number of thiophene rings is 1. The molecule has 0 aliphatic carbocycles. The molecule has 0 bridgehead atoms. The maximum absolute atomic E-state index is 13.4. The Bertz CT molecular complexity index is 1120. The Balaban J connectivity index is 1.83. The van der Waals surface area contributed by atoms with Crippen molar-refractivity contribution in [3.05, 3.63) is 97.2 Å². The molecule has 2 amide bonds. The zero-order valence-electron chi connectivity index (χ0n) is 18.3. The maximum Gasteiger partial charge on any atom is 0.288 e. The fourth-order valence-corrected chi connectivity index (χ4v) is 4.22. The Morgan fingerprint density at radius 3 is 2.39 bits per heavy atom. The Morgan fingerprint density at radius 1 is 1.06 bits per heavy atom. The second kappa shape index (κ2) is 11.1. The first-order valence-electron chi connectivity index (χ1n) is 10.3. The highest BCUT2D eigenvalue weighted by Crippen LogP contribution is 2.26. The van der Waals surface area contributed by atoms with Crippen molar-refractivity contribution in [3.8, 4) is 0 Å². The first-order valence-corrected chi connectivity index (χ1v) is 11.6. The summed E-state index contributed by atoms with van der Waals surface area (Å²) in [6.07, 6.45) is 0. The molecule has 0 radical (unpaired) electrons. The van der Waals surface area contributed by atoms with Crippen molar-refractivity contribution in [1.82, 2.24) is 9.80 Å². The number of rotatable bonds is 9. The van der Waals surface area contributed by atoms with Crippen LogP contribution in [-0.2, 0) is 17.9 Å². The van der Waals surface area contributed by atoms with E-state index in [1.165, 1.54) is 17.0 Å². The summed E-state index contributed by atoms with van der Waals surface area (Å²) in [4.78, 5) is 41.3. The molecular weight excluding hydrogens is 462 g/mol. The zero-order valence-corrected chi connectivity index (χ0v) is 19.9. The number of carbonyl (C=O) groups is 2. The highest BCUT2D eigenvalue weighted by molar-refractivity contribution is 7.09. The molecular formula is C24H24ClN3O4S. The number of hydrogen-bond donors (Lipinski definition) is 0. The van der Waals surface area contributed by atoms with Crippen LogP contribution in [0.2, 0.25) is 5.02 Å². The lowest BCUT2D eigenvalue weighted by Crippen LogP contribution is -2.45. The van der Waals surface area contributed by atoms with Gasteiger partial charge in [0.05, 0.1) is 11.5 Å². The fourth-order valence-electron chi connectivity index (χ4n) is 3.31. The first kappa shape index (κ1) is 24.4. The van der Waals surface area contributed by atoms with Crippen molar-refractivity contribution in [1.29, 1.82) is 0 Å². The molecule has 1 aromatic heterocycles. The van der Waals surface area contributed by atoms with Gasteiger partial charge in [0, 0.05) is 29.1 Å². The summed E-state index contributed by atoms with van der Waals surface area (Å²) >= 11 is 7.44. The van der Waals surface area contributed by atoms with E-state index in [2.05, 4.69) is 0 Å². The van der Waals surface area contributed by atoms with E-state index in [4.69, 9.17) is 11.6 Å². The van der Waals surface area contributed by atoms with E-state index in [0.29, 0.717) is 13.1 Å². The quantitative estimate of drug-likeness (QED) is 0.300. The zero-order chi connectivity index (χ0) is 24.0. The van der Waals surface area contributed by atoms with Gasteiger partial charge in [-0.25, -0.2) is 0 Å². The van der Waals surface area contributed by atoms with Crippen LogP contribution in [0.15, 0.2) is 66.0 Å². The Morgan fingerprint density at radius 2 is 1.79 bits per heavy atom. The summed E-state index contributed by atoms with van der Waals surface area (Å²) in [6, 6.07) is 17.2. The van der Waals surface area contributed by atoms with Gasteiger partial charge in [0.15, 0.2) is 0 Å². The van der Waals surface area contributed by atoms with Gasteiger partial charge in [-0.2, -0.15) is 0 Å². The van der Waals surface area contributed by atoms with Crippen molar-refractivity contribution in [2.45, 2.75) is 33.0 Å². The van der Waals surface area contributed by atoms with Gasteiger partial charge in [-0.3, -0.25) is 19.7 Å². The standard InChI is InChI=1S/C24H24ClN3O4S/c1-17(2)27(24(30)19-10-11-21(25)22(13-19)28(31)32)16-23(29)26(15-20-9-6-12-33-20)14-18-7-4-3-5-8-18/h3-13,17H,14-16H2,1-2H3. The van der Waals surface area contributed by atoms with E-state index in [1.807, 2.05) is 47.8 Å². The SMILES string of the molecule is CC(C)N(CC(=O)N(Cc1ccccc1)Cc1cccs1)C(=O)c1ccc(Cl)c([N+](=O)[O-])c1. The minimum atomic E-state index is -0.632. The molecule has 0 saturated heterocycles. The number of nitro benzene ring substituents is 1. The van der Waals surface area contributed by atoms with E-state index < -0.39 is 10.8 Å². The number of nitro groups is 1. The third kappa shape index (κ3) is 6.40. The smallest absolute Gasteiger partial charge is 0.288 e. The number of carbonyl (C=O) groups excluding carboxylic acids is 2. The molecule has 0 aliphatic rings. The number of benzene rings is 2. The van der Waals surface area contributed by atoms with E-state index in [1.54, 1.807) is 30.1 Å². The van der Waals surface area contributed by atoms with Crippen molar-refractivity contribution >= 4 is 40.4 Å². The predicted octanol–water partition coefficient (Wildman–Crippen LogP) is 5.39. The van der Waals surface area contributed by atoms with Crippen LogP contribution >= 0.6 is 22.9 Å². The molecule has 3 rings (SSSR count). The van der Waals surface area contributed by atoms with Gasteiger partial charge in [0.25, 0.3) is 11.6 Å². The van der Waals surface area contributed by atoms with Gasteiger partial charge in [0.2, 0.25) is 5.91 Å². The lowest BCUT2D eigenvalue weighted by atomic mass is 10.1. The van der Waals surface area contributed by atoms with Crippen LogP contribution in [0, 0.1) is 10.1 Å². The van der Waals surface area contributed by atoms with Crippen molar-refractivity contribution in [2.75, 3.05) is 6.54 Å². The number of amides is 2. The highest BCUT2D eigenvalue weighted by Gasteiger charge is 2.26. The molecule has 0 atom stereocenters. The monoisotopic (exact) mass is 485 g/mol. The molecule has 0 fully saturated rings. The topological polar surface area (TPSA) is 83.8 Å². The third-order valence-corrected chi connectivity index (χ3v) is 6.26. The molecule has 0 N–H and O–H groups in total. The summed E-state index contributed by atoms with van der Waals surface area (Å²) < 4.78 is 0. The van der Waals surface area contributed by atoms with E-state index in [0.717, 1.165) is 16.5 Å². The molecule has 0 saturated carbocycles. The van der Waals surface area contributed by atoms with Crippen LogP contribution in [0.25, 0.3) is 0 Å². The lowest BCUT2D eigenvalue weighted by molar-refractivity contribution is -0.384. The Labute approximate surface area is 201 Å². The number of halogens is 1. The largest absolute Gasteiger partial charge is 0.332 e. The molecule has 33 heavy (non-hydrogen) atoms. The minimum Gasteiger partial charge on any atom is -0.332 e. The predicted molar refractivity (Wildman–Crippen MR) is 129 cm³/mol. The Hall–Kier alpha value is -3.23. The van der Waals surface area contributed by atoms with Crippen molar-refractivity contribution < 1.29 is 14.5 Å². The summed E-state index contributed by atoms with van der Waals surface area (Å²) in [6.45, 7) is 4.29. The third-order valence-electron chi connectivity index (χ3n) is 5.08. The Kier molecular flexibility index (Phi) is 8.19.